The first-order valence-electron chi connectivity index (χ1n) is 8.44. The zero-order chi connectivity index (χ0) is 19.3. The first-order valence-corrected chi connectivity index (χ1v) is 8.82. The molecule has 1 aliphatic rings. The van der Waals surface area contributed by atoms with E-state index in [1.54, 1.807) is 19.9 Å². The van der Waals surface area contributed by atoms with E-state index in [0.717, 1.165) is 0 Å². The first-order chi connectivity index (χ1) is 12.2. The second kappa shape index (κ2) is 8.92. The molecule has 1 saturated heterocycles. The van der Waals surface area contributed by atoms with Gasteiger partial charge in [-0.1, -0.05) is 11.6 Å². The Bertz CT molecular complexity index is 620. The minimum Gasteiger partial charge on any atom is -0.490 e. The molecule has 1 amide bonds. The third-order valence-corrected chi connectivity index (χ3v) is 4.21. The normalized spacial score (nSPS) is 17.2. The van der Waals surface area contributed by atoms with Crippen molar-refractivity contribution in [1.29, 1.82) is 0 Å². The fourth-order valence-corrected chi connectivity index (χ4v) is 2.94. The molecule has 1 fully saturated rings. The molecule has 1 aromatic carbocycles. The fourth-order valence-electron chi connectivity index (χ4n) is 2.77. The number of carbonyl (C=O) groups is 1. The zero-order valence-corrected chi connectivity index (χ0v) is 15.5. The van der Waals surface area contributed by atoms with Gasteiger partial charge in [0.2, 0.25) is 0 Å². The van der Waals surface area contributed by atoms with Crippen molar-refractivity contribution in [3.63, 3.8) is 0 Å². The van der Waals surface area contributed by atoms with Crippen LogP contribution in [-0.4, -0.2) is 61.9 Å². The largest absolute Gasteiger partial charge is 0.490 e. The quantitative estimate of drug-likeness (QED) is 0.780. The Balaban J connectivity index is 2.11. The number of nitrogens with zero attached hydrogens (tertiary/aromatic N) is 1. The molecule has 26 heavy (non-hydrogen) atoms. The summed E-state index contributed by atoms with van der Waals surface area (Å²) in [5, 5.41) is 5.71. The van der Waals surface area contributed by atoms with Gasteiger partial charge >= 0.3 is 6.18 Å². The number of benzene rings is 1. The number of amides is 1. The van der Waals surface area contributed by atoms with Crippen molar-refractivity contribution in [2.75, 3.05) is 32.7 Å². The Kier molecular flexibility index (Phi) is 7.14. The number of ether oxygens (including phenoxy) is 1. The number of piperazine rings is 1. The minimum absolute atomic E-state index is 0.118. The highest BCUT2D eigenvalue weighted by atomic mass is 35.5. The van der Waals surface area contributed by atoms with Crippen molar-refractivity contribution in [2.45, 2.75) is 32.2 Å². The van der Waals surface area contributed by atoms with E-state index in [9.17, 15) is 18.0 Å². The Morgan fingerprint density at radius 3 is 2.58 bits per heavy atom. The van der Waals surface area contributed by atoms with E-state index < -0.39 is 24.7 Å². The number of hydrogen-bond donors (Lipinski definition) is 2. The molecule has 2 rings (SSSR count). The lowest BCUT2D eigenvalue weighted by atomic mass is 10.1. The van der Waals surface area contributed by atoms with E-state index in [0.29, 0.717) is 18.1 Å². The van der Waals surface area contributed by atoms with Gasteiger partial charge in [-0.2, -0.15) is 13.2 Å². The predicted molar refractivity (Wildman–Crippen MR) is 93.8 cm³/mol. The van der Waals surface area contributed by atoms with Gasteiger partial charge < -0.3 is 15.4 Å². The van der Waals surface area contributed by atoms with Gasteiger partial charge in [0.15, 0.2) is 0 Å². The average Bonchev–Trinajstić information content (AvgIpc) is 2.56. The number of nitrogens with one attached hydrogen (secondary N) is 2. The highest BCUT2D eigenvalue weighted by Crippen LogP contribution is 2.26. The molecule has 2 N–H and O–H groups in total. The summed E-state index contributed by atoms with van der Waals surface area (Å²) in [4.78, 5) is 13.8. The summed E-state index contributed by atoms with van der Waals surface area (Å²) in [5.41, 5.74) is 0.118. The monoisotopic (exact) mass is 393 g/mol. The van der Waals surface area contributed by atoms with Crippen LogP contribution >= 0.6 is 11.6 Å². The van der Waals surface area contributed by atoms with Crippen molar-refractivity contribution in [1.82, 2.24) is 15.5 Å². The van der Waals surface area contributed by atoms with Crippen LogP contribution in [0.1, 0.15) is 24.2 Å². The fraction of sp³-hybridized carbons (Fsp3) is 0.588. The molecule has 0 bridgehead atoms. The van der Waals surface area contributed by atoms with Gasteiger partial charge in [-0.05, 0) is 32.0 Å². The summed E-state index contributed by atoms with van der Waals surface area (Å²) in [6, 6.07) is 2.76. The third kappa shape index (κ3) is 5.75. The summed E-state index contributed by atoms with van der Waals surface area (Å²) in [5.74, 6) is -0.361. The van der Waals surface area contributed by atoms with Crippen LogP contribution in [0.15, 0.2) is 18.2 Å². The molecule has 1 aliphatic heterocycles. The topological polar surface area (TPSA) is 53.6 Å². The van der Waals surface area contributed by atoms with Crippen LogP contribution in [0, 0.1) is 0 Å². The number of carbonyl (C=O) groups excluding carboxylic acids is 1. The van der Waals surface area contributed by atoms with Crippen LogP contribution in [0.4, 0.5) is 13.2 Å². The van der Waals surface area contributed by atoms with Crippen molar-refractivity contribution < 1.29 is 22.7 Å². The maximum absolute atomic E-state index is 13.4. The van der Waals surface area contributed by atoms with E-state index in [1.807, 2.05) is 0 Å². The van der Waals surface area contributed by atoms with Crippen molar-refractivity contribution in [2.24, 2.45) is 0 Å². The number of halogens is 4. The molecule has 0 spiro atoms. The third-order valence-electron chi connectivity index (χ3n) is 3.98. The van der Waals surface area contributed by atoms with Gasteiger partial charge in [-0.25, -0.2) is 0 Å². The van der Waals surface area contributed by atoms with Crippen LogP contribution < -0.4 is 15.4 Å². The van der Waals surface area contributed by atoms with Gasteiger partial charge in [0.05, 0.1) is 11.7 Å². The first kappa shape index (κ1) is 20.8. The molecule has 0 radical (unpaired) electrons. The molecule has 9 heteroatoms. The average molecular weight is 394 g/mol. The van der Waals surface area contributed by atoms with E-state index in [1.165, 1.54) is 17.0 Å². The molecular weight excluding hydrogens is 371 g/mol. The highest BCUT2D eigenvalue weighted by molar-refractivity contribution is 6.31. The molecule has 1 heterocycles. The smallest absolute Gasteiger partial charge is 0.405 e. The minimum atomic E-state index is -4.43. The van der Waals surface area contributed by atoms with Crippen LogP contribution in [0.5, 0.6) is 5.75 Å². The summed E-state index contributed by atoms with van der Waals surface area (Å²) >= 11 is 5.92. The van der Waals surface area contributed by atoms with Crippen LogP contribution in [-0.2, 0) is 0 Å². The van der Waals surface area contributed by atoms with Crippen molar-refractivity contribution in [3.8, 4) is 5.75 Å². The summed E-state index contributed by atoms with van der Waals surface area (Å²) in [6.45, 7) is 4.58. The standard InChI is InChI=1S/C17H23ClF3N3O2/c1-11(2)26-14-4-3-12(18)9-13(14)16(25)23-10-15(17(19,20)21)24-7-5-22-6-8-24/h3-4,9,11,15,22H,5-8,10H2,1-2H3,(H,23,25). The van der Waals surface area contributed by atoms with Gasteiger partial charge in [0.25, 0.3) is 5.91 Å². The molecule has 5 nitrogen and oxygen atoms in total. The van der Waals surface area contributed by atoms with Crippen LogP contribution in [0.2, 0.25) is 5.02 Å². The maximum atomic E-state index is 13.4. The van der Waals surface area contributed by atoms with E-state index in [2.05, 4.69) is 10.6 Å². The lowest BCUT2D eigenvalue weighted by Gasteiger charge is -2.35. The second-order valence-corrected chi connectivity index (χ2v) is 6.80. The number of rotatable bonds is 6. The molecule has 1 aromatic rings. The van der Waals surface area contributed by atoms with Crippen LogP contribution in [0.3, 0.4) is 0 Å². The van der Waals surface area contributed by atoms with E-state index >= 15 is 0 Å². The van der Waals surface area contributed by atoms with Crippen molar-refractivity contribution in [3.05, 3.63) is 28.8 Å². The summed E-state index contributed by atoms with van der Waals surface area (Å²) < 4.78 is 45.8. The highest BCUT2D eigenvalue weighted by Gasteiger charge is 2.43. The Morgan fingerprint density at radius 2 is 2.00 bits per heavy atom. The van der Waals surface area contributed by atoms with Gasteiger partial charge in [0.1, 0.15) is 11.8 Å². The van der Waals surface area contributed by atoms with Gasteiger partial charge in [-0.15, -0.1) is 0 Å². The summed E-state index contributed by atoms with van der Waals surface area (Å²) in [6.07, 6.45) is -4.62. The molecule has 0 aromatic heterocycles. The Labute approximate surface area is 155 Å². The summed E-state index contributed by atoms with van der Waals surface area (Å²) in [7, 11) is 0. The van der Waals surface area contributed by atoms with E-state index in [4.69, 9.17) is 16.3 Å². The predicted octanol–water partition coefficient (Wildman–Crippen LogP) is 2.69. The maximum Gasteiger partial charge on any atom is 0.405 e. The second-order valence-electron chi connectivity index (χ2n) is 6.36. The van der Waals surface area contributed by atoms with Crippen LogP contribution in [0.25, 0.3) is 0 Å². The lowest BCUT2D eigenvalue weighted by Crippen LogP contribution is -2.57. The molecule has 1 unspecified atom stereocenters. The molecule has 0 saturated carbocycles. The van der Waals surface area contributed by atoms with E-state index in [-0.39, 0.29) is 30.5 Å². The molecular formula is C17H23ClF3N3O2. The molecule has 1 atom stereocenters. The molecule has 146 valence electrons. The van der Waals surface area contributed by atoms with Gasteiger partial charge in [0, 0.05) is 37.7 Å². The zero-order valence-electron chi connectivity index (χ0n) is 14.7. The Morgan fingerprint density at radius 1 is 1.35 bits per heavy atom. The lowest BCUT2D eigenvalue weighted by molar-refractivity contribution is -0.183. The number of alkyl halides is 3. The molecule has 0 aliphatic carbocycles. The SMILES string of the molecule is CC(C)Oc1ccc(Cl)cc1C(=O)NCC(N1CCNCC1)C(F)(F)F. The van der Waals surface area contributed by atoms with Gasteiger partial charge in [-0.3, -0.25) is 9.69 Å². The number of hydrogen-bond acceptors (Lipinski definition) is 4. The van der Waals surface area contributed by atoms with Crippen molar-refractivity contribution >= 4 is 17.5 Å². The Hall–Kier alpha value is -1.51.